The van der Waals surface area contributed by atoms with E-state index in [-0.39, 0.29) is 6.10 Å². The van der Waals surface area contributed by atoms with Crippen molar-refractivity contribution in [2.75, 3.05) is 7.11 Å². The minimum absolute atomic E-state index is 0.0246. The van der Waals surface area contributed by atoms with E-state index in [2.05, 4.69) is 15.0 Å². The van der Waals surface area contributed by atoms with Gasteiger partial charge in [0.1, 0.15) is 5.75 Å². The second-order valence-electron chi connectivity index (χ2n) is 3.86. The molecule has 1 atom stereocenters. The number of rotatable bonds is 5. The molecule has 0 aliphatic heterocycles. The zero-order valence-electron chi connectivity index (χ0n) is 10.8. The van der Waals surface area contributed by atoms with E-state index in [0.29, 0.717) is 16.5 Å². The minimum atomic E-state index is -1.17. The number of carbonyl (C=O) groups is 1. The molecule has 0 saturated heterocycles. The van der Waals surface area contributed by atoms with E-state index in [4.69, 9.17) is 27.9 Å². The third kappa shape index (κ3) is 5.04. The molecule has 0 spiro atoms. The summed E-state index contributed by atoms with van der Waals surface area (Å²) in [5, 5.41) is 7.83. The Morgan fingerprint density at radius 3 is 2.58 bits per heavy atom. The van der Waals surface area contributed by atoms with Crippen LogP contribution in [0.15, 0.2) is 28.4 Å². The van der Waals surface area contributed by atoms with Crippen molar-refractivity contribution in [3.63, 3.8) is 0 Å². The molecule has 0 aliphatic rings. The number of ether oxygens (including phenoxy) is 2. The number of alkyl halides is 1. The number of benzene rings is 1. The molecule has 1 aromatic rings. The zero-order valence-corrected chi connectivity index (χ0v) is 12.3. The number of esters is 1. The van der Waals surface area contributed by atoms with Crippen LogP contribution in [-0.4, -0.2) is 24.7 Å². The molecule has 0 radical (unpaired) electrons. The number of methoxy groups -OCH3 is 1. The summed E-state index contributed by atoms with van der Waals surface area (Å²) in [6.45, 7) is 3.80. The molecule has 0 amide bonds. The second kappa shape index (κ2) is 7.31. The van der Waals surface area contributed by atoms with Crippen LogP contribution in [0, 0.1) is 0 Å². The Labute approximate surface area is 121 Å². The highest BCUT2D eigenvalue weighted by Gasteiger charge is 2.14. The average molecular weight is 305 g/mol. The Morgan fingerprint density at radius 1 is 1.37 bits per heavy atom. The topological polar surface area (TPSA) is 60.2 Å². The standard InChI is InChI=1S/C12H14Cl2N2O3/c1-7(2)19-10-5-4-8(6-9(10)13)15-16-11(14)12(17)18-3/h4-7,11H,1-3H3. The normalized spacial score (nSPS) is 12.7. The highest BCUT2D eigenvalue weighted by atomic mass is 35.5. The predicted octanol–water partition coefficient (Wildman–Crippen LogP) is 3.95. The van der Waals surface area contributed by atoms with Crippen molar-refractivity contribution in [2.24, 2.45) is 10.2 Å². The summed E-state index contributed by atoms with van der Waals surface area (Å²) in [4.78, 5) is 11.0. The van der Waals surface area contributed by atoms with Crippen molar-refractivity contribution in [2.45, 2.75) is 25.5 Å². The maximum absolute atomic E-state index is 11.0. The number of hydrogen-bond acceptors (Lipinski definition) is 5. The first kappa shape index (κ1) is 15.7. The van der Waals surface area contributed by atoms with Crippen LogP contribution < -0.4 is 4.74 Å². The lowest BCUT2D eigenvalue weighted by Gasteiger charge is -2.11. The van der Waals surface area contributed by atoms with Crippen molar-refractivity contribution >= 4 is 34.9 Å². The van der Waals surface area contributed by atoms with Gasteiger partial charge in [-0.15, -0.1) is 0 Å². The Balaban J connectivity index is 2.78. The molecule has 104 valence electrons. The van der Waals surface area contributed by atoms with Crippen molar-refractivity contribution < 1.29 is 14.3 Å². The van der Waals surface area contributed by atoms with Gasteiger partial charge in [-0.2, -0.15) is 10.2 Å². The Bertz CT molecular complexity index is 478. The molecular formula is C12H14Cl2N2O3. The van der Waals surface area contributed by atoms with Crippen LogP contribution in [0.3, 0.4) is 0 Å². The molecule has 0 aromatic heterocycles. The van der Waals surface area contributed by atoms with E-state index in [1.54, 1.807) is 18.2 Å². The molecule has 1 unspecified atom stereocenters. The fourth-order valence-electron chi connectivity index (χ4n) is 1.16. The van der Waals surface area contributed by atoms with Gasteiger partial charge >= 0.3 is 5.97 Å². The third-order valence-corrected chi connectivity index (χ3v) is 2.51. The van der Waals surface area contributed by atoms with Gasteiger partial charge in [0.05, 0.1) is 23.9 Å². The third-order valence-electron chi connectivity index (χ3n) is 1.95. The van der Waals surface area contributed by atoms with Gasteiger partial charge in [-0.3, -0.25) is 0 Å². The van der Waals surface area contributed by atoms with Crippen LogP contribution in [0.1, 0.15) is 13.8 Å². The molecule has 0 aliphatic carbocycles. The fraction of sp³-hybridized carbons (Fsp3) is 0.417. The molecule has 7 heteroatoms. The molecule has 1 aromatic carbocycles. The van der Waals surface area contributed by atoms with Gasteiger partial charge < -0.3 is 9.47 Å². The summed E-state index contributed by atoms with van der Waals surface area (Å²) in [5.41, 5.74) is -0.703. The SMILES string of the molecule is COC(=O)C(Cl)N=Nc1ccc(OC(C)C)c(Cl)c1. The lowest BCUT2D eigenvalue weighted by molar-refractivity contribution is -0.140. The first-order chi connectivity index (χ1) is 8.93. The lowest BCUT2D eigenvalue weighted by atomic mass is 10.3. The number of hydrogen-bond donors (Lipinski definition) is 0. The summed E-state index contributed by atoms with van der Waals surface area (Å²) in [6, 6.07) is 4.91. The van der Waals surface area contributed by atoms with Crippen LogP contribution in [0.25, 0.3) is 0 Å². The molecule has 0 fully saturated rings. The van der Waals surface area contributed by atoms with Crippen molar-refractivity contribution in [3.05, 3.63) is 23.2 Å². The largest absolute Gasteiger partial charge is 0.489 e. The number of carbonyl (C=O) groups excluding carboxylic acids is 1. The maximum Gasteiger partial charge on any atom is 0.348 e. The van der Waals surface area contributed by atoms with Gasteiger partial charge in [0.25, 0.3) is 0 Å². The van der Waals surface area contributed by atoms with Crippen molar-refractivity contribution in [1.82, 2.24) is 0 Å². The summed E-state index contributed by atoms with van der Waals surface area (Å²) in [6.07, 6.45) is 0.0246. The molecule has 5 nitrogen and oxygen atoms in total. The van der Waals surface area contributed by atoms with Gasteiger partial charge in [0.2, 0.25) is 5.50 Å². The summed E-state index contributed by atoms with van der Waals surface area (Å²) in [5.74, 6) is -0.109. The van der Waals surface area contributed by atoms with Gasteiger partial charge in [-0.1, -0.05) is 23.2 Å². The van der Waals surface area contributed by atoms with Gasteiger partial charge in [-0.05, 0) is 32.0 Å². The first-order valence-electron chi connectivity index (χ1n) is 5.53. The summed E-state index contributed by atoms with van der Waals surface area (Å²) >= 11 is 11.7. The van der Waals surface area contributed by atoms with E-state index < -0.39 is 11.5 Å². The minimum Gasteiger partial charge on any atom is -0.489 e. The van der Waals surface area contributed by atoms with E-state index >= 15 is 0 Å². The average Bonchev–Trinajstić information content (AvgIpc) is 2.37. The Morgan fingerprint density at radius 2 is 2.05 bits per heavy atom. The number of nitrogens with zero attached hydrogens (tertiary/aromatic N) is 2. The monoisotopic (exact) mass is 304 g/mol. The van der Waals surface area contributed by atoms with Crippen LogP contribution in [-0.2, 0) is 9.53 Å². The van der Waals surface area contributed by atoms with Gasteiger partial charge in [0, 0.05) is 0 Å². The molecule has 0 saturated carbocycles. The van der Waals surface area contributed by atoms with Gasteiger partial charge in [0.15, 0.2) is 0 Å². The van der Waals surface area contributed by atoms with E-state index in [1.165, 1.54) is 7.11 Å². The van der Waals surface area contributed by atoms with Crippen molar-refractivity contribution in [3.8, 4) is 5.75 Å². The Kier molecular flexibility index (Phi) is 6.05. The van der Waals surface area contributed by atoms with E-state index in [0.717, 1.165) is 0 Å². The Hall–Kier alpha value is -1.33. The van der Waals surface area contributed by atoms with Crippen LogP contribution in [0.2, 0.25) is 5.02 Å². The van der Waals surface area contributed by atoms with Gasteiger partial charge in [-0.25, -0.2) is 4.79 Å². The first-order valence-corrected chi connectivity index (χ1v) is 6.34. The van der Waals surface area contributed by atoms with Crippen LogP contribution in [0.4, 0.5) is 5.69 Å². The van der Waals surface area contributed by atoms with Crippen molar-refractivity contribution in [1.29, 1.82) is 0 Å². The van der Waals surface area contributed by atoms with E-state index in [1.807, 2.05) is 13.8 Å². The highest BCUT2D eigenvalue weighted by molar-refractivity contribution is 6.32. The predicted molar refractivity (Wildman–Crippen MR) is 73.4 cm³/mol. The number of azo groups is 1. The molecule has 19 heavy (non-hydrogen) atoms. The second-order valence-corrected chi connectivity index (χ2v) is 4.68. The smallest absolute Gasteiger partial charge is 0.348 e. The van der Waals surface area contributed by atoms with E-state index in [9.17, 15) is 4.79 Å². The summed E-state index contributed by atoms with van der Waals surface area (Å²) in [7, 11) is 1.22. The van der Waals surface area contributed by atoms with Crippen LogP contribution in [0.5, 0.6) is 5.75 Å². The molecular weight excluding hydrogens is 291 g/mol. The molecule has 1 rings (SSSR count). The maximum atomic E-state index is 11.0. The fourth-order valence-corrected chi connectivity index (χ4v) is 1.52. The molecule has 0 bridgehead atoms. The molecule has 0 N–H and O–H groups in total. The zero-order chi connectivity index (χ0) is 14.4. The highest BCUT2D eigenvalue weighted by Crippen LogP contribution is 2.30. The van der Waals surface area contributed by atoms with Crippen LogP contribution >= 0.6 is 23.2 Å². The summed E-state index contributed by atoms with van der Waals surface area (Å²) < 4.78 is 9.89. The number of halogens is 2. The quantitative estimate of drug-likeness (QED) is 0.358. The molecule has 0 heterocycles. The lowest BCUT2D eigenvalue weighted by Crippen LogP contribution is -2.12.